The van der Waals surface area contributed by atoms with Crippen LogP contribution in [-0.2, 0) is 0 Å². The molecule has 0 rings (SSSR count). The third-order valence-electron chi connectivity index (χ3n) is 0.126. The van der Waals surface area contributed by atoms with Gasteiger partial charge in [-0.05, 0) is 0 Å². The molecular formula is C3H2ClF. The summed E-state index contributed by atoms with van der Waals surface area (Å²) in [6.07, 6.45) is 0.243. The zero-order valence-corrected chi connectivity index (χ0v) is 3.17. The van der Waals surface area contributed by atoms with Gasteiger partial charge < -0.3 is 0 Å². The van der Waals surface area contributed by atoms with Crippen molar-refractivity contribution in [1.82, 2.24) is 0 Å². The Labute approximate surface area is 34.6 Å². The van der Waals surface area contributed by atoms with Crippen LogP contribution in [0, 0.1) is 0 Å². The van der Waals surface area contributed by atoms with Crippen molar-refractivity contribution in [3.8, 4) is 0 Å². The molecule has 0 amide bonds. The second-order valence-electron chi connectivity index (χ2n) is 0.385. The molecule has 0 N–H and O–H groups in total. The lowest BCUT2D eigenvalue weighted by atomic mass is 11.0. The van der Waals surface area contributed by atoms with Gasteiger partial charge in [0.25, 0.3) is 0 Å². The predicted octanol–water partition coefficient (Wildman–Crippen LogP) is 1.82. The van der Waals surface area contributed by atoms with E-state index in [1.54, 1.807) is 0 Å². The summed E-state index contributed by atoms with van der Waals surface area (Å²) in [5, 5.41) is 0. The summed E-state index contributed by atoms with van der Waals surface area (Å²) in [6, 6.07) is 0. The minimum atomic E-state index is 0.243. The van der Waals surface area contributed by atoms with E-state index in [1.807, 2.05) is 5.73 Å². The molecular weight excluding hydrogens is 90.5 g/mol. The monoisotopic (exact) mass is 92.0 g/mol. The SMILES string of the molecule is FC=C=CCl. The van der Waals surface area contributed by atoms with Gasteiger partial charge in [-0.25, -0.2) is 4.39 Å². The molecule has 0 radical (unpaired) electrons. The van der Waals surface area contributed by atoms with E-state index in [-0.39, 0.29) is 6.33 Å². The summed E-state index contributed by atoms with van der Waals surface area (Å²) in [5.41, 5.74) is 2.93. The second kappa shape index (κ2) is 3.74. The van der Waals surface area contributed by atoms with Crippen molar-refractivity contribution in [3.05, 3.63) is 17.6 Å². The quantitative estimate of drug-likeness (QED) is 0.400. The smallest absolute Gasteiger partial charge is 0.130 e. The van der Waals surface area contributed by atoms with Crippen LogP contribution in [0.3, 0.4) is 0 Å². The highest BCUT2D eigenvalue weighted by Gasteiger charge is 1.41. The number of hydrogen-bond donors (Lipinski definition) is 0. The molecule has 5 heavy (non-hydrogen) atoms. The molecule has 0 aromatic rings. The van der Waals surface area contributed by atoms with Crippen molar-refractivity contribution in [2.24, 2.45) is 0 Å². The Kier molecular flexibility index (Phi) is 3.55. The van der Waals surface area contributed by atoms with Crippen molar-refractivity contribution in [2.45, 2.75) is 0 Å². The molecule has 0 aliphatic rings. The molecule has 2 heteroatoms. The van der Waals surface area contributed by atoms with E-state index in [9.17, 15) is 4.39 Å². The average Bonchev–Trinajstić information content (AvgIpc) is 1.41. The van der Waals surface area contributed by atoms with E-state index in [0.29, 0.717) is 0 Å². The largest absolute Gasteiger partial charge is 0.206 e. The summed E-state index contributed by atoms with van der Waals surface area (Å²) in [5.74, 6) is 0. The fraction of sp³-hybridized carbons (Fsp3) is 0. The third-order valence-corrected chi connectivity index (χ3v) is 0.252. The Balaban J connectivity index is 3.26. The molecule has 0 saturated carbocycles. The summed E-state index contributed by atoms with van der Waals surface area (Å²) in [6.45, 7) is 0. The van der Waals surface area contributed by atoms with E-state index in [2.05, 4.69) is 0 Å². The Morgan fingerprint density at radius 2 is 2.40 bits per heavy atom. The maximum Gasteiger partial charge on any atom is 0.130 e. The Bertz CT molecular complexity index is 55.3. The van der Waals surface area contributed by atoms with Crippen LogP contribution in [0.1, 0.15) is 0 Å². The highest BCUT2D eigenvalue weighted by molar-refractivity contribution is 6.25. The standard InChI is InChI=1S/C3H2ClF/c4-2-1-3-5/h2-3H. The van der Waals surface area contributed by atoms with E-state index < -0.39 is 0 Å². The van der Waals surface area contributed by atoms with E-state index >= 15 is 0 Å². The van der Waals surface area contributed by atoms with E-state index in [4.69, 9.17) is 11.6 Å². The van der Waals surface area contributed by atoms with Crippen LogP contribution in [0.5, 0.6) is 0 Å². The highest BCUT2D eigenvalue weighted by atomic mass is 35.5. The first-order chi connectivity index (χ1) is 2.41. The maximum absolute atomic E-state index is 10.6. The molecule has 0 aliphatic heterocycles. The molecule has 0 saturated heterocycles. The molecule has 0 nitrogen and oxygen atoms in total. The van der Waals surface area contributed by atoms with Gasteiger partial charge in [0.15, 0.2) is 0 Å². The molecule has 0 aromatic carbocycles. The molecule has 0 atom stereocenters. The lowest BCUT2D eigenvalue weighted by Gasteiger charge is -1.43. The topological polar surface area (TPSA) is 0 Å². The molecule has 0 bridgehead atoms. The molecule has 0 fully saturated rings. The van der Waals surface area contributed by atoms with Crippen molar-refractivity contribution in [2.75, 3.05) is 0 Å². The second-order valence-corrected chi connectivity index (χ2v) is 0.603. The lowest BCUT2D eigenvalue weighted by molar-refractivity contribution is 0.723. The number of rotatable bonds is 0. The predicted molar refractivity (Wildman–Crippen MR) is 19.6 cm³/mol. The van der Waals surface area contributed by atoms with E-state index in [0.717, 1.165) is 5.54 Å². The van der Waals surface area contributed by atoms with Crippen LogP contribution < -0.4 is 0 Å². The first-order valence-corrected chi connectivity index (χ1v) is 1.45. The van der Waals surface area contributed by atoms with Crippen molar-refractivity contribution < 1.29 is 4.39 Å². The van der Waals surface area contributed by atoms with Gasteiger partial charge in [-0.1, -0.05) is 17.3 Å². The first-order valence-electron chi connectivity index (χ1n) is 1.01. The Morgan fingerprint density at radius 1 is 1.80 bits per heavy atom. The van der Waals surface area contributed by atoms with Crippen LogP contribution in [0.4, 0.5) is 4.39 Å². The minimum absolute atomic E-state index is 0.243. The normalized spacial score (nSPS) is 5.20. The van der Waals surface area contributed by atoms with Crippen molar-refractivity contribution in [1.29, 1.82) is 0 Å². The Morgan fingerprint density at radius 3 is 2.40 bits per heavy atom. The molecule has 0 heterocycles. The maximum atomic E-state index is 10.6. The summed E-state index contributed by atoms with van der Waals surface area (Å²) < 4.78 is 10.6. The van der Waals surface area contributed by atoms with Crippen LogP contribution in [-0.4, -0.2) is 0 Å². The van der Waals surface area contributed by atoms with E-state index in [1.165, 1.54) is 0 Å². The van der Waals surface area contributed by atoms with Crippen LogP contribution in [0.15, 0.2) is 17.6 Å². The van der Waals surface area contributed by atoms with Crippen LogP contribution in [0.2, 0.25) is 0 Å². The lowest BCUT2D eigenvalue weighted by Crippen LogP contribution is -1.18. The minimum Gasteiger partial charge on any atom is -0.206 e. The van der Waals surface area contributed by atoms with Crippen molar-refractivity contribution >= 4 is 11.6 Å². The summed E-state index contributed by atoms with van der Waals surface area (Å²) in [4.78, 5) is 0. The van der Waals surface area contributed by atoms with Gasteiger partial charge in [0.1, 0.15) is 6.33 Å². The molecule has 0 aliphatic carbocycles. The van der Waals surface area contributed by atoms with Gasteiger partial charge in [0, 0.05) is 5.54 Å². The molecule has 0 unspecified atom stereocenters. The number of halogens is 2. The van der Waals surface area contributed by atoms with Gasteiger partial charge in [0.2, 0.25) is 0 Å². The van der Waals surface area contributed by atoms with Gasteiger partial charge in [-0.15, -0.1) is 0 Å². The highest BCUT2D eigenvalue weighted by Crippen LogP contribution is 1.70. The van der Waals surface area contributed by atoms with Gasteiger partial charge in [0.05, 0.1) is 0 Å². The fourth-order valence-electron chi connectivity index (χ4n) is 0.0238. The zero-order chi connectivity index (χ0) is 4.12. The van der Waals surface area contributed by atoms with Crippen LogP contribution in [0.25, 0.3) is 0 Å². The first kappa shape index (κ1) is 4.74. The number of hydrogen-bond acceptors (Lipinski definition) is 0. The summed E-state index contributed by atoms with van der Waals surface area (Å²) >= 11 is 4.79. The third kappa shape index (κ3) is 3.74. The Hall–Kier alpha value is -0.260. The van der Waals surface area contributed by atoms with Gasteiger partial charge in [-0.2, -0.15) is 0 Å². The molecule has 28 valence electrons. The molecule has 0 spiro atoms. The van der Waals surface area contributed by atoms with Crippen LogP contribution >= 0.6 is 11.6 Å². The fourth-order valence-corrected chi connectivity index (χ4v) is 0.0714. The zero-order valence-electron chi connectivity index (χ0n) is 2.41. The van der Waals surface area contributed by atoms with Crippen molar-refractivity contribution in [3.63, 3.8) is 0 Å². The summed E-state index contributed by atoms with van der Waals surface area (Å²) in [7, 11) is 0. The average molecular weight is 92.5 g/mol. The van der Waals surface area contributed by atoms with Gasteiger partial charge in [-0.3, -0.25) is 0 Å². The van der Waals surface area contributed by atoms with Gasteiger partial charge >= 0.3 is 0 Å². The molecule has 0 aromatic heterocycles.